The minimum Gasteiger partial charge on any atom is -0.492 e. The number of benzene rings is 1. The maximum absolute atomic E-state index is 12.8. The second-order valence-electron chi connectivity index (χ2n) is 4.81. The minimum atomic E-state index is -4.44. The Morgan fingerprint density at radius 3 is 2.57 bits per heavy atom. The fourth-order valence-electron chi connectivity index (χ4n) is 2.25. The minimum absolute atomic E-state index is 0.0935. The molecule has 0 unspecified atom stereocenters. The number of isothiocyanates is 1. The molecule has 1 saturated heterocycles. The van der Waals surface area contributed by atoms with Gasteiger partial charge in [-0.3, -0.25) is 4.90 Å². The molecule has 1 aliphatic heterocycles. The van der Waals surface area contributed by atoms with E-state index in [1.165, 1.54) is 6.07 Å². The number of halogens is 3. The van der Waals surface area contributed by atoms with Gasteiger partial charge in [-0.05, 0) is 50.3 Å². The molecule has 0 saturated carbocycles. The van der Waals surface area contributed by atoms with E-state index in [9.17, 15) is 13.2 Å². The van der Waals surface area contributed by atoms with Crippen LogP contribution in [-0.2, 0) is 6.18 Å². The van der Waals surface area contributed by atoms with Crippen LogP contribution >= 0.6 is 12.2 Å². The Morgan fingerprint density at radius 2 is 1.95 bits per heavy atom. The molecule has 1 fully saturated rings. The number of rotatable bonds is 5. The van der Waals surface area contributed by atoms with Gasteiger partial charge in [0, 0.05) is 12.6 Å². The first-order valence-corrected chi connectivity index (χ1v) is 7.05. The molecular formula is C14H15F3N2OS. The van der Waals surface area contributed by atoms with Crippen LogP contribution in [0.2, 0.25) is 0 Å². The normalized spacial score (nSPS) is 15.8. The van der Waals surface area contributed by atoms with Crippen molar-refractivity contribution >= 4 is 23.1 Å². The number of alkyl halides is 3. The van der Waals surface area contributed by atoms with Crippen molar-refractivity contribution in [2.45, 2.75) is 19.0 Å². The molecule has 114 valence electrons. The summed E-state index contributed by atoms with van der Waals surface area (Å²) in [5.74, 6) is 0.146. The maximum Gasteiger partial charge on any atom is 0.416 e. The highest BCUT2D eigenvalue weighted by atomic mass is 32.1. The van der Waals surface area contributed by atoms with Gasteiger partial charge in [0.25, 0.3) is 0 Å². The van der Waals surface area contributed by atoms with Crippen LogP contribution in [0.5, 0.6) is 5.75 Å². The van der Waals surface area contributed by atoms with E-state index in [-0.39, 0.29) is 11.4 Å². The van der Waals surface area contributed by atoms with Crippen molar-refractivity contribution in [1.29, 1.82) is 0 Å². The van der Waals surface area contributed by atoms with Crippen molar-refractivity contribution in [2.75, 3.05) is 26.2 Å². The van der Waals surface area contributed by atoms with Gasteiger partial charge in [-0.15, -0.1) is 0 Å². The molecule has 3 nitrogen and oxygen atoms in total. The molecule has 0 bridgehead atoms. The summed E-state index contributed by atoms with van der Waals surface area (Å²) in [5, 5.41) is 2.07. The number of likely N-dealkylation sites (tertiary alicyclic amines) is 1. The summed E-state index contributed by atoms with van der Waals surface area (Å²) in [7, 11) is 0. The highest BCUT2D eigenvalue weighted by molar-refractivity contribution is 7.78. The molecule has 1 heterocycles. The van der Waals surface area contributed by atoms with Crippen molar-refractivity contribution in [3.8, 4) is 5.75 Å². The zero-order valence-electron chi connectivity index (χ0n) is 11.3. The van der Waals surface area contributed by atoms with E-state index in [0.29, 0.717) is 13.2 Å². The summed E-state index contributed by atoms with van der Waals surface area (Å²) in [6.45, 7) is 3.10. The lowest BCUT2D eigenvalue weighted by Crippen LogP contribution is -2.25. The standard InChI is InChI=1S/C14H15F3N2OS/c15-14(16,17)11-7-12(18-10-21)9-13(8-11)20-6-5-19-3-1-2-4-19/h7-9H,1-6H2. The first-order valence-electron chi connectivity index (χ1n) is 6.64. The zero-order valence-corrected chi connectivity index (χ0v) is 12.1. The van der Waals surface area contributed by atoms with Crippen LogP contribution in [0.4, 0.5) is 18.9 Å². The van der Waals surface area contributed by atoms with Gasteiger partial charge in [-0.25, -0.2) is 0 Å². The van der Waals surface area contributed by atoms with Crippen molar-refractivity contribution in [3.63, 3.8) is 0 Å². The molecule has 0 radical (unpaired) electrons. The summed E-state index contributed by atoms with van der Waals surface area (Å²) < 4.78 is 43.8. The molecule has 1 aromatic carbocycles. The molecule has 21 heavy (non-hydrogen) atoms. The summed E-state index contributed by atoms with van der Waals surface area (Å²) in [6.07, 6.45) is -2.12. The van der Waals surface area contributed by atoms with E-state index < -0.39 is 11.7 Å². The topological polar surface area (TPSA) is 24.8 Å². The second kappa shape index (κ2) is 7.02. The molecule has 0 aromatic heterocycles. The number of aliphatic imine (C=N–C) groups is 1. The van der Waals surface area contributed by atoms with Gasteiger partial charge in [0.1, 0.15) is 12.4 Å². The van der Waals surface area contributed by atoms with Crippen LogP contribution in [0.25, 0.3) is 0 Å². The van der Waals surface area contributed by atoms with E-state index in [0.717, 1.165) is 38.1 Å². The predicted octanol–water partition coefficient (Wildman–Crippen LogP) is 3.91. The van der Waals surface area contributed by atoms with E-state index in [4.69, 9.17) is 4.74 Å². The largest absolute Gasteiger partial charge is 0.492 e. The third-order valence-corrected chi connectivity index (χ3v) is 3.36. The van der Waals surface area contributed by atoms with Crippen molar-refractivity contribution in [3.05, 3.63) is 23.8 Å². The zero-order chi connectivity index (χ0) is 15.3. The number of hydrogen-bond acceptors (Lipinski definition) is 4. The van der Waals surface area contributed by atoms with Gasteiger partial charge in [0.15, 0.2) is 0 Å². The van der Waals surface area contributed by atoms with Crippen molar-refractivity contribution in [1.82, 2.24) is 4.90 Å². The van der Waals surface area contributed by atoms with Crippen LogP contribution in [0.15, 0.2) is 23.2 Å². The number of nitrogens with zero attached hydrogens (tertiary/aromatic N) is 2. The third-order valence-electron chi connectivity index (χ3n) is 3.27. The van der Waals surface area contributed by atoms with Crippen LogP contribution in [0.3, 0.4) is 0 Å². The average Bonchev–Trinajstić information content (AvgIpc) is 2.91. The predicted molar refractivity (Wildman–Crippen MR) is 77.3 cm³/mol. The Kier molecular flexibility index (Phi) is 5.33. The molecule has 1 aliphatic rings. The van der Waals surface area contributed by atoms with Gasteiger partial charge in [-0.1, -0.05) is 0 Å². The lowest BCUT2D eigenvalue weighted by atomic mass is 10.2. The van der Waals surface area contributed by atoms with Gasteiger partial charge >= 0.3 is 6.18 Å². The van der Waals surface area contributed by atoms with Gasteiger partial charge in [-0.2, -0.15) is 18.2 Å². The molecular weight excluding hydrogens is 301 g/mol. The average molecular weight is 316 g/mol. The van der Waals surface area contributed by atoms with Gasteiger partial charge < -0.3 is 4.74 Å². The number of hydrogen-bond donors (Lipinski definition) is 0. The van der Waals surface area contributed by atoms with E-state index in [1.54, 1.807) is 0 Å². The van der Waals surface area contributed by atoms with Crippen LogP contribution < -0.4 is 4.74 Å². The maximum atomic E-state index is 12.8. The summed E-state index contributed by atoms with van der Waals surface area (Å²) >= 11 is 4.43. The van der Waals surface area contributed by atoms with Crippen LogP contribution in [0.1, 0.15) is 18.4 Å². The fourth-order valence-corrected chi connectivity index (χ4v) is 2.35. The Bertz CT molecular complexity index is 536. The van der Waals surface area contributed by atoms with Gasteiger partial charge in [0.2, 0.25) is 0 Å². The summed E-state index contributed by atoms with van der Waals surface area (Å²) in [5.41, 5.74) is -0.707. The highest BCUT2D eigenvalue weighted by Crippen LogP contribution is 2.34. The molecule has 0 atom stereocenters. The van der Waals surface area contributed by atoms with Crippen molar-refractivity contribution in [2.24, 2.45) is 4.99 Å². The van der Waals surface area contributed by atoms with Crippen molar-refractivity contribution < 1.29 is 17.9 Å². The second-order valence-corrected chi connectivity index (χ2v) is 5.00. The Hall–Kier alpha value is -1.43. The Balaban J connectivity index is 2.06. The molecule has 2 rings (SSSR count). The quantitative estimate of drug-likeness (QED) is 0.608. The third kappa shape index (κ3) is 4.81. The monoisotopic (exact) mass is 316 g/mol. The van der Waals surface area contributed by atoms with E-state index >= 15 is 0 Å². The van der Waals surface area contributed by atoms with Gasteiger partial charge in [0.05, 0.1) is 16.4 Å². The number of ether oxygens (including phenoxy) is 1. The first kappa shape index (κ1) is 15.9. The molecule has 7 heteroatoms. The highest BCUT2D eigenvalue weighted by Gasteiger charge is 2.31. The smallest absolute Gasteiger partial charge is 0.416 e. The first-order chi connectivity index (χ1) is 9.99. The molecule has 0 spiro atoms. The Morgan fingerprint density at radius 1 is 1.24 bits per heavy atom. The molecule has 0 N–H and O–H groups in total. The lowest BCUT2D eigenvalue weighted by molar-refractivity contribution is -0.137. The fraction of sp³-hybridized carbons (Fsp3) is 0.500. The summed E-state index contributed by atoms with van der Waals surface area (Å²) in [4.78, 5) is 5.83. The lowest BCUT2D eigenvalue weighted by Gasteiger charge is -2.16. The molecule has 0 amide bonds. The molecule has 0 aliphatic carbocycles. The van der Waals surface area contributed by atoms with Crippen LogP contribution in [0, 0.1) is 0 Å². The van der Waals surface area contributed by atoms with E-state index in [2.05, 4.69) is 27.3 Å². The molecule has 1 aromatic rings. The Labute approximate surface area is 126 Å². The number of thiocarbonyl (C=S) groups is 1. The summed E-state index contributed by atoms with van der Waals surface area (Å²) in [6, 6.07) is 3.33. The SMILES string of the molecule is FC(F)(F)c1cc(N=C=S)cc(OCCN2CCCC2)c1. The van der Waals surface area contributed by atoms with E-state index in [1.807, 2.05) is 0 Å². The van der Waals surface area contributed by atoms with Crippen LogP contribution in [-0.4, -0.2) is 36.3 Å².